The number of carbonyl (C=O) groups is 2. The van der Waals surface area contributed by atoms with E-state index < -0.39 is 40.3 Å². The number of Topliss-reactive ketones (excluding diaryl/α,β-unsaturated/α-hetero) is 1. The van der Waals surface area contributed by atoms with Crippen molar-refractivity contribution in [3.63, 3.8) is 0 Å². The molecule has 0 heterocycles. The lowest BCUT2D eigenvalue weighted by Crippen LogP contribution is -2.43. The molecule has 7 nitrogen and oxygen atoms in total. The van der Waals surface area contributed by atoms with Crippen molar-refractivity contribution in [2.24, 2.45) is 0 Å². The van der Waals surface area contributed by atoms with E-state index in [0.29, 0.717) is 5.56 Å². The first-order valence-electron chi connectivity index (χ1n) is 9.48. The molecule has 0 fully saturated rings. The first-order valence-corrected chi connectivity index (χ1v) is 10.9. The predicted molar refractivity (Wildman–Crippen MR) is 111 cm³/mol. The smallest absolute Gasteiger partial charge is 0.419 e. The average molecular weight is 472 g/mol. The Labute approximate surface area is 184 Å². The number of likely N-dealkylation sites (N-methyl/N-ethyl adjacent to an activating group) is 1. The highest BCUT2D eigenvalue weighted by molar-refractivity contribution is 7.89. The minimum atomic E-state index is -4.58. The number of halogens is 3. The van der Waals surface area contributed by atoms with Gasteiger partial charge in [-0.3, -0.25) is 9.59 Å². The lowest BCUT2D eigenvalue weighted by Gasteiger charge is -2.20. The third kappa shape index (κ3) is 6.54. The summed E-state index contributed by atoms with van der Waals surface area (Å²) >= 11 is 0. The van der Waals surface area contributed by atoms with E-state index in [2.05, 4.69) is 5.32 Å². The Morgan fingerprint density at radius 1 is 1.09 bits per heavy atom. The van der Waals surface area contributed by atoms with Crippen LogP contribution in [0.3, 0.4) is 0 Å². The molecule has 32 heavy (non-hydrogen) atoms. The number of alkyl halides is 3. The molecular formula is C21H23F3N2O5S. The third-order valence-corrected chi connectivity index (χ3v) is 6.24. The summed E-state index contributed by atoms with van der Waals surface area (Å²) in [6.45, 7) is 2.11. The van der Waals surface area contributed by atoms with E-state index in [9.17, 15) is 31.2 Å². The summed E-state index contributed by atoms with van der Waals surface area (Å²) in [7, 11) is -2.77. The van der Waals surface area contributed by atoms with Crippen LogP contribution in [0.4, 0.5) is 13.2 Å². The SMILES string of the molecule is CC(=O)c1ccc(S(=O)(=O)N(C)CC(=O)NC(C)COc2ccccc2C(F)(F)F)cc1. The summed E-state index contributed by atoms with van der Waals surface area (Å²) in [5, 5.41) is 2.49. The fourth-order valence-corrected chi connectivity index (χ4v) is 3.86. The zero-order chi connectivity index (χ0) is 24.1. The summed E-state index contributed by atoms with van der Waals surface area (Å²) in [5.41, 5.74) is -0.578. The molecule has 1 unspecified atom stereocenters. The van der Waals surface area contributed by atoms with Gasteiger partial charge in [0.15, 0.2) is 5.78 Å². The zero-order valence-corrected chi connectivity index (χ0v) is 18.5. The van der Waals surface area contributed by atoms with Crippen LogP contribution < -0.4 is 10.1 Å². The van der Waals surface area contributed by atoms with Crippen molar-refractivity contribution in [1.82, 2.24) is 9.62 Å². The van der Waals surface area contributed by atoms with Crippen LogP contribution in [-0.4, -0.2) is 50.7 Å². The van der Waals surface area contributed by atoms with Gasteiger partial charge in [-0.15, -0.1) is 0 Å². The molecule has 0 aliphatic rings. The monoisotopic (exact) mass is 472 g/mol. The Hall–Kier alpha value is -2.92. The lowest BCUT2D eigenvalue weighted by atomic mass is 10.2. The summed E-state index contributed by atoms with van der Waals surface area (Å²) < 4.78 is 70.3. The number of hydrogen-bond acceptors (Lipinski definition) is 5. The topological polar surface area (TPSA) is 92.8 Å². The van der Waals surface area contributed by atoms with Crippen LogP contribution in [0.25, 0.3) is 0 Å². The van der Waals surface area contributed by atoms with Gasteiger partial charge < -0.3 is 10.1 Å². The molecule has 0 radical (unpaired) electrons. The number of para-hydroxylation sites is 1. The molecule has 2 aromatic carbocycles. The molecule has 11 heteroatoms. The number of nitrogens with zero attached hydrogens (tertiary/aromatic N) is 1. The third-order valence-electron chi connectivity index (χ3n) is 4.42. The molecule has 0 saturated heterocycles. The summed E-state index contributed by atoms with van der Waals surface area (Å²) in [6.07, 6.45) is -4.58. The highest BCUT2D eigenvalue weighted by Crippen LogP contribution is 2.35. The molecule has 0 saturated carbocycles. The molecule has 2 rings (SSSR count). The number of ketones is 1. The normalized spacial score (nSPS) is 13.0. The summed E-state index contributed by atoms with van der Waals surface area (Å²) in [4.78, 5) is 23.5. The summed E-state index contributed by atoms with van der Waals surface area (Å²) in [6, 6.07) is 9.32. The van der Waals surface area contributed by atoms with Crippen molar-refractivity contribution in [1.29, 1.82) is 0 Å². The molecule has 0 bridgehead atoms. The van der Waals surface area contributed by atoms with E-state index in [1.807, 2.05) is 0 Å². The largest absolute Gasteiger partial charge is 0.491 e. The van der Waals surface area contributed by atoms with Gasteiger partial charge in [0.2, 0.25) is 15.9 Å². The van der Waals surface area contributed by atoms with Crippen molar-refractivity contribution in [2.45, 2.75) is 31.0 Å². The molecular weight excluding hydrogens is 449 g/mol. The number of nitrogens with one attached hydrogen (secondary N) is 1. The minimum Gasteiger partial charge on any atom is -0.491 e. The first kappa shape index (κ1) is 25.3. The Balaban J connectivity index is 1.95. The van der Waals surface area contributed by atoms with Gasteiger partial charge >= 0.3 is 6.18 Å². The second-order valence-electron chi connectivity index (χ2n) is 7.12. The Kier molecular flexibility index (Phi) is 8.02. The van der Waals surface area contributed by atoms with Crippen LogP contribution in [0.15, 0.2) is 53.4 Å². The highest BCUT2D eigenvalue weighted by atomic mass is 32.2. The van der Waals surface area contributed by atoms with E-state index in [-0.39, 0.29) is 23.0 Å². The average Bonchev–Trinajstić information content (AvgIpc) is 2.71. The molecule has 0 aliphatic carbocycles. The van der Waals surface area contributed by atoms with E-state index in [1.54, 1.807) is 0 Å². The van der Waals surface area contributed by atoms with Crippen LogP contribution in [0.2, 0.25) is 0 Å². The number of benzene rings is 2. The van der Waals surface area contributed by atoms with Gasteiger partial charge in [-0.05, 0) is 38.1 Å². The fourth-order valence-electron chi connectivity index (χ4n) is 2.73. The minimum absolute atomic E-state index is 0.0852. The standard InChI is InChI=1S/C21H23F3N2O5S/c1-14(13-31-19-7-5-4-6-18(19)21(22,23)24)25-20(28)12-26(3)32(29,30)17-10-8-16(9-11-17)15(2)27/h4-11,14H,12-13H2,1-3H3,(H,25,28). The van der Waals surface area contributed by atoms with Crippen molar-refractivity contribution >= 4 is 21.7 Å². The predicted octanol–water partition coefficient (Wildman–Crippen LogP) is 3.11. The van der Waals surface area contributed by atoms with Gasteiger partial charge in [0.1, 0.15) is 12.4 Å². The molecule has 1 atom stereocenters. The summed E-state index contributed by atoms with van der Waals surface area (Å²) in [5.74, 6) is -1.23. The molecule has 0 aromatic heterocycles. The highest BCUT2D eigenvalue weighted by Gasteiger charge is 2.34. The molecule has 0 aliphatic heterocycles. The van der Waals surface area contributed by atoms with Gasteiger partial charge in [-0.1, -0.05) is 24.3 Å². The van der Waals surface area contributed by atoms with Crippen molar-refractivity contribution in [3.05, 3.63) is 59.7 Å². The Morgan fingerprint density at radius 3 is 2.25 bits per heavy atom. The number of hydrogen-bond donors (Lipinski definition) is 1. The Bertz CT molecular complexity index is 1070. The quantitative estimate of drug-likeness (QED) is 0.566. The maximum absolute atomic E-state index is 13.0. The van der Waals surface area contributed by atoms with E-state index >= 15 is 0 Å². The number of ether oxygens (including phenoxy) is 1. The maximum Gasteiger partial charge on any atom is 0.419 e. The van der Waals surface area contributed by atoms with Crippen LogP contribution in [-0.2, 0) is 21.0 Å². The zero-order valence-electron chi connectivity index (χ0n) is 17.6. The van der Waals surface area contributed by atoms with Crippen LogP contribution in [0.5, 0.6) is 5.75 Å². The van der Waals surface area contributed by atoms with Crippen LogP contribution in [0.1, 0.15) is 29.8 Å². The molecule has 0 spiro atoms. The molecule has 174 valence electrons. The fraction of sp³-hybridized carbons (Fsp3) is 0.333. The second kappa shape index (κ2) is 10.1. The molecule has 1 N–H and O–H groups in total. The van der Waals surface area contributed by atoms with E-state index in [1.165, 1.54) is 63.4 Å². The van der Waals surface area contributed by atoms with Crippen molar-refractivity contribution < 1.29 is 35.9 Å². The van der Waals surface area contributed by atoms with Crippen LogP contribution >= 0.6 is 0 Å². The molecule has 2 aromatic rings. The van der Waals surface area contributed by atoms with Gasteiger partial charge in [0, 0.05) is 12.6 Å². The van der Waals surface area contributed by atoms with Gasteiger partial charge in [0.25, 0.3) is 0 Å². The maximum atomic E-state index is 13.0. The number of sulfonamides is 1. The van der Waals surface area contributed by atoms with Crippen molar-refractivity contribution in [3.8, 4) is 5.75 Å². The Morgan fingerprint density at radius 2 is 1.69 bits per heavy atom. The second-order valence-corrected chi connectivity index (χ2v) is 9.16. The number of rotatable bonds is 9. The molecule has 1 amide bonds. The van der Waals surface area contributed by atoms with Crippen molar-refractivity contribution in [2.75, 3.05) is 20.2 Å². The van der Waals surface area contributed by atoms with Gasteiger partial charge in [-0.25, -0.2) is 8.42 Å². The van der Waals surface area contributed by atoms with Crippen LogP contribution in [0, 0.1) is 0 Å². The number of amides is 1. The van der Waals surface area contributed by atoms with Gasteiger partial charge in [-0.2, -0.15) is 17.5 Å². The lowest BCUT2D eigenvalue weighted by molar-refractivity contribution is -0.139. The van der Waals surface area contributed by atoms with E-state index in [0.717, 1.165) is 10.4 Å². The number of carbonyl (C=O) groups excluding carboxylic acids is 2. The van der Waals surface area contributed by atoms with E-state index in [4.69, 9.17) is 4.74 Å². The van der Waals surface area contributed by atoms with Gasteiger partial charge in [0.05, 0.1) is 23.0 Å². The first-order chi connectivity index (χ1) is 14.8.